The van der Waals surface area contributed by atoms with E-state index in [-0.39, 0.29) is 7.43 Å². The van der Waals surface area contributed by atoms with E-state index in [9.17, 15) is 0 Å². The van der Waals surface area contributed by atoms with Crippen LogP contribution in [0.5, 0.6) is 0 Å². The number of rotatable bonds is 0. The zero-order chi connectivity index (χ0) is 3.54. The predicted molar refractivity (Wildman–Crippen MR) is 27.4 cm³/mol. The highest BCUT2D eigenvalue weighted by molar-refractivity contribution is 4.51. The summed E-state index contributed by atoms with van der Waals surface area (Å²) < 4.78 is 0. The molecule has 0 atom stereocenters. The fraction of sp³-hybridized carbons (Fsp3) is 0.833. The van der Waals surface area contributed by atoms with Gasteiger partial charge in [0.2, 0.25) is 0 Å². The van der Waals surface area contributed by atoms with E-state index < -0.39 is 0 Å². The van der Waals surface area contributed by atoms with E-state index in [4.69, 9.17) is 0 Å². The van der Waals surface area contributed by atoms with Crippen molar-refractivity contribution in [1.82, 2.24) is 0 Å². The van der Waals surface area contributed by atoms with Crippen molar-refractivity contribution >= 4 is 0 Å². The third-order valence-electron chi connectivity index (χ3n) is 1.25. The predicted octanol–water partition coefficient (Wildman–Crippen LogP) is 2.15. The lowest BCUT2D eigenvalue weighted by atomic mass is 10.4. The van der Waals surface area contributed by atoms with Crippen LogP contribution in [0.1, 0.15) is 32.1 Å². The molecule has 0 aromatic heterocycles. The average molecular weight is 83.2 g/mol. The van der Waals surface area contributed by atoms with Crippen molar-refractivity contribution < 1.29 is 0 Å². The van der Waals surface area contributed by atoms with Crippen molar-refractivity contribution in [3.05, 3.63) is 7.43 Å². The minimum absolute atomic E-state index is 0. The Morgan fingerprint density at radius 3 is 0.833 bits per heavy atom. The van der Waals surface area contributed by atoms with E-state index in [1.54, 1.807) is 0 Å². The molecule has 0 heteroatoms. The van der Waals surface area contributed by atoms with Crippen LogP contribution in [0, 0.1) is 7.43 Å². The summed E-state index contributed by atoms with van der Waals surface area (Å²) in [7, 11) is 0. The van der Waals surface area contributed by atoms with Gasteiger partial charge in [-0.05, 0) is 7.43 Å². The van der Waals surface area contributed by atoms with E-state index >= 15 is 0 Å². The Morgan fingerprint density at radius 2 is 0.667 bits per heavy atom. The fourth-order valence-electron chi connectivity index (χ4n) is 0.884. The summed E-state index contributed by atoms with van der Waals surface area (Å²) in [6.45, 7) is 0. The Hall–Kier alpha value is 0. The van der Waals surface area contributed by atoms with Crippen molar-refractivity contribution in [3.8, 4) is 0 Å². The van der Waals surface area contributed by atoms with Gasteiger partial charge in [0.25, 0.3) is 0 Å². The molecule has 0 N–H and O–H groups in total. The third kappa shape index (κ3) is 1.44. The standard InChI is InChI=1S/C5H10.CH/c1-2-4-5-3-1;/h1-5H2;1H. The van der Waals surface area contributed by atoms with E-state index in [0.717, 1.165) is 0 Å². The summed E-state index contributed by atoms with van der Waals surface area (Å²) in [6, 6.07) is 0. The average Bonchev–Trinajstić information content (AvgIpc) is 1.76. The number of hydrogen-bond donors (Lipinski definition) is 0. The number of hydrogen-bond acceptors (Lipinski definition) is 0. The maximum atomic E-state index is 1.50. The summed E-state index contributed by atoms with van der Waals surface area (Å²) >= 11 is 0. The van der Waals surface area contributed by atoms with Crippen molar-refractivity contribution in [1.29, 1.82) is 0 Å². The zero-order valence-electron chi connectivity index (χ0n) is 4.11. The summed E-state index contributed by atoms with van der Waals surface area (Å²) in [5, 5.41) is 0. The molecular formula is C6H11. The Labute approximate surface area is 40.6 Å². The molecule has 1 rings (SSSR count). The van der Waals surface area contributed by atoms with Gasteiger partial charge in [0.15, 0.2) is 0 Å². The first-order valence-electron chi connectivity index (χ1n) is 2.50. The lowest BCUT2D eigenvalue weighted by molar-refractivity contribution is 0.886. The maximum absolute atomic E-state index is 1.50. The molecule has 0 saturated heterocycles. The molecule has 1 saturated carbocycles. The second kappa shape index (κ2) is 3.20. The molecule has 1 aliphatic rings. The summed E-state index contributed by atoms with van der Waals surface area (Å²) in [6.07, 6.45) is 7.50. The molecule has 1 fully saturated rings. The van der Waals surface area contributed by atoms with Gasteiger partial charge in [0.1, 0.15) is 0 Å². The molecule has 0 unspecified atom stereocenters. The monoisotopic (exact) mass is 83.1 g/mol. The molecule has 6 heavy (non-hydrogen) atoms. The topological polar surface area (TPSA) is 0 Å². The van der Waals surface area contributed by atoms with Gasteiger partial charge in [0.05, 0.1) is 0 Å². The van der Waals surface area contributed by atoms with Gasteiger partial charge < -0.3 is 0 Å². The van der Waals surface area contributed by atoms with E-state index in [1.165, 1.54) is 32.1 Å². The molecule has 0 aromatic carbocycles. The van der Waals surface area contributed by atoms with Crippen LogP contribution >= 0.6 is 0 Å². The van der Waals surface area contributed by atoms with Gasteiger partial charge in [-0.25, -0.2) is 0 Å². The van der Waals surface area contributed by atoms with Crippen LogP contribution in [-0.4, -0.2) is 0 Å². The SMILES string of the molecule is C1CCCC1.[CH]. The largest absolute Gasteiger partial charge is 0.0533 e. The van der Waals surface area contributed by atoms with Gasteiger partial charge in [-0.15, -0.1) is 0 Å². The quantitative estimate of drug-likeness (QED) is 0.421. The van der Waals surface area contributed by atoms with Crippen molar-refractivity contribution in [2.75, 3.05) is 0 Å². The van der Waals surface area contributed by atoms with Crippen LogP contribution in [0.3, 0.4) is 0 Å². The highest BCUT2D eigenvalue weighted by Gasteiger charge is 1.95. The molecular weight excluding hydrogens is 72.1 g/mol. The Morgan fingerprint density at radius 1 is 0.500 bits per heavy atom. The van der Waals surface area contributed by atoms with E-state index in [0.29, 0.717) is 0 Å². The highest BCUT2D eigenvalue weighted by Crippen LogP contribution is 2.15. The Balaban J connectivity index is 0.000000250. The smallest absolute Gasteiger partial charge is 0.0312 e. The van der Waals surface area contributed by atoms with Gasteiger partial charge in [-0.1, -0.05) is 32.1 Å². The van der Waals surface area contributed by atoms with Crippen molar-refractivity contribution in [2.24, 2.45) is 0 Å². The molecule has 0 bridgehead atoms. The van der Waals surface area contributed by atoms with Crippen molar-refractivity contribution in [3.63, 3.8) is 0 Å². The lowest BCUT2D eigenvalue weighted by Gasteiger charge is -1.67. The molecule has 0 heterocycles. The van der Waals surface area contributed by atoms with Crippen LogP contribution in [0.25, 0.3) is 0 Å². The summed E-state index contributed by atoms with van der Waals surface area (Å²) in [4.78, 5) is 0. The van der Waals surface area contributed by atoms with Gasteiger partial charge in [-0.2, -0.15) is 0 Å². The summed E-state index contributed by atoms with van der Waals surface area (Å²) in [5.74, 6) is 0. The first-order valence-corrected chi connectivity index (χ1v) is 2.50. The van der Waals surface area contributed by atoms with Crippen LogP contribution < -0.4 is 0 Å². The second-order valence-corrected chi connectivity index (χ2v) is 1.77. The molecule has 0 amide bonds. The zero-order valence-corrected chi connectivity index (χ0v) is 4.11. The Bertz CT molecular complexity index is 11.6. The van der Waals surface area contributed by atoms with Crippen LogP contribution in [0.15, 0.2) is 0 Å². The van der Waals surface area contributed by atoms with Crippen molar-refractivity contribution in [2.45, 2.75) is 32.1 Å². The normalized spacial score (nSPS) is 20.0. The summed E-state index contributed by atoms with van der Waals surface area (Å²) in [5.41, 5.74) is 0. The molecule has 1 aliphatic carbocycles. The third-order valence-corrected chi connectivity index (χ3v) is 1.25. The Kier molecular flexibility index (Phi) is 3.20. The molecule has 0 spiro atoms. The fourth-order valence-corrected chi connectivity index (χ4v) is 0.884. The first kappa shape index (κ1) is 6.00. The maximum Gasteiger partial charge on any atom is -0.0312 e. The second-order valence-electron chi connectivity index (χ2n) is 1.77. The molecule has 0 nitrogen and oxygen atoms in total. The van der Waals surface area contributed by atoms with Crippen LogP contribution in [0.4, 0.5) is 0 Å². The van der Waals surface area contributed by atoms with Crippen LogP contribution in [0.2, 0.25) is 0 Å². The molecule has 35 valence electrons. The molecule has 0 aliphatic heterocycles. The van der Waals surface area contributed by atoms with Gasteiger partial charge >= 0.3 is 0 Å². The molecule has 0 aromatic rings. The van der Waals surface area contributed by atoms with Crippen LogP contribution in [-0.2, 0) is 0 Å². The van der Waals surface area contributed by atoms with Gasteiger partial charge in [0, 0.05) is 0 Å². The first-order chi connectivity index (χ1) is 2.50. The minimum atomic E-state index is 0. The molecule has 3 radical (unpaired) electrons. The van der Waals surface area contributed by atoms with E-state index in [1.807, 2.05) is 0 Å². The van der Waals surface area contributed by atoms with Gasteiger partial charge in [-0.3, -0.25) is 0 Å². The lowest BCUT2D eigenvalue weighted by Crippen LogP contribution is -1.47. The highest BCUT2D eigenvalue weighted by atomic mass is 14.0. The van der Waals surface area contributed by atoms with E-state index in [2.05, 4.69) is 0 Å². The minimum Gasteiger partial charge on any atom is -0.0533 e.